The Kier molecular flexibility index (Phi) is 6.50. The molecule has 12 heteroatoms. The zero-order valence-corrected chi connectivity index (χ0v) is 21.3. The van der Waals surface area contributed by atoms with Gasteiger partial charge in [0.2, 0.25) is 5.95 Å². The summed E-state index contributed by atoms with van der Waals surface area (Å²) in [6.45, 7) is 1.27. The number of imidazole rings is 1. The smallest absolute Gasteiger partial charge is 0.411 e. The molecule has 40 heavy (non-hydrogen) atoms. The van der Waals surface area contributed by atoms with E-state index in [1.165, 1.54) is 12.1 Å². The van der Waals surface area contributed by atoms with Gasteiger partial charge in [0.1, 0.15) is 24.0 Å². The molecule has 1 saturated heterocycles. The SMILES string of the molecule is O=C1CCN(C(=O)N2CCOc3ccc(-c4cnc5nc(NC(=O)O)[nH]c5c4)cc3C2)C(c2ccc(F)cc2)C1. The van der Waals surface area contributed by atoms with Crippen molar-refractivity contribution in [1.82, 2.24) is 24.8 Å². The molecule has 0 radical (unpaired) electrons. The van der Waals surface area contributed by atoms with Crippen LogP contribution in [-0.2, 0) is 11.3 Å². The Hall–Kier alpha value is -5.00. The Balaban J connectivity index is 1.26. The first-order chi connectivity index (χ1) is 19.3. The molecule has 1 fully saturated rings. The Labute approximate surface area is 227 Å². The summed E-state index contributed by atoms with van der Waals surface area (Å²) in [6, 6.07) is 12.8. The molecule has 0 spiro atoms. The molecule has 204 valence electrons. The van der Waals surface area contributed by atoms with Gasteiger partial charge in [0.05, 0.1) is 24.6 Å². The number of amides is 3. The van der Waals surface area contributed by atoms with Gasteiger partial charge in [-0.1, -0.05) is 18.2 Å². The fourth-order valence-electron chi connectivity index (χ4n) is 5.18. The number of nitrogens with one attached hydrogen (secondary N) is 2. The van der Waals surface area contributed by atoms with Crippen molar-refractivity contribution >= 4 is 35.0 Å². The van der Waals surface area contributed by atoms with E-state index in [4.69, 9.17) is 9.84 Å². The molecule has 4 aromatic rings. The monoisotopic (exact) mass is 544 g/mol. The fraction of sp³-hybridized carbons (Fsp3) is 0.250. The van der Waals surface area contributed by atoms with Gasteiger partial charge in [0, 0.05) is 36.7 Å². The van der Waals surface area contributed by atoms with Crippen molar-refractivity contribution in [2.45, 2.75) is 25.4 Å². The van der Waals surface area contributed by atoms with Crippen LogP contribution < -0.4 is 10.1 Å². The lowest BCUT2D eigenvalue weighted by atomic mass is 9.94. The van der Waals surface area contributed by atoms with Crippen molar-refractivity contribution in [3.8, 4) is 16.9 Å². The highest BCUT2D eigenvalue weighted by atomic mass is 19.1. The number of pyridine rings is 1. The van der Waals surface area contributed by atoms with Crippen molar-refractivity contribution < 1.29 is 28.6 Å². The number of halogens is 1. The molecular weight excluding hydrogens is 519 g/mol. The Bertz CT molecular complexity index is 1620. The van der Waals surface area contributed by atoms with E-state index in [2.05, 4.69) is 20.3 Å². The van der Waals surface area contributed by atoms with Crippen LogP contribution in [-0.4, -0.2) is 67.5 Å². The van der Waals surface area contributed by atoms with Gasteiger partial charge in [-0.25, -0.2) is 19.0 Å². The predicted molar refractivity (Wildman–Crippen MR) is 142 cm³/mol. The van der Waals surface area contributed by atoms with Crippen LogP contribution in [0.2, 0.25) is 0 Å². The number of carbonyl (C=O) groups is 3. The minimum atomic E-state index is -1.23. The quantitative estimate of drug-likeness (QED) is 0.343. The molecule has 0 bridgehead atoms. The normalized spacial score (nSPS) is 17.2. The number of rotatable bonds is 3. The largest absolute Gasteiger partial charge is 0.491 e. The van der Waals surface area contributed by atoms with Gasteiger partial charge in [-0.15, -0.1) is 0 Å². The van der Waals surface area contributed by atoms with Crippen LogP contribution in [0.3, 0.4) is 0 Å². The number of hydrogen-bond acceptors (Lipinski definition) is 6. The number of H-pyrrole nitrogens is 1. The Morgan fingerprint density at radius 3 is 2.73 bits per heavy atom. The van der Waals surface area contributed by atoms with Crippen LogP contribution in [0, 0.1) is 5.82 Å². The van der Waals surface area contributed by atoms with E-state index in [9.17, 15) is 18.8 Å². The Morgan fingerprint density at radius 1 is 1.10 bits per heavy atom. The van der Waals surface area contributed by atoms with Crippen LogP contribution in [0.15, 0.2) is 54.7 Å². The molecule has 1 atom stereocenters. The number of ketones is 1. The molecule has 3 N–H and O–H groups in total. The van der Waals surface area contributed by atoms with Crippen molar-refractivity contribution in [3.05, 3.63) is 71.7 Å². The third kappa shape index (κ3) is 5.03. The molecule has 2 aromatic heterocycles. The van der Waals surface area contributed by atoms with E-state index in [0.717, 1.165) is 22.3 Å². The third-order valence-electron chi connectivity index (χ3n) is 7.14. The molecule has 0 aliphatic carbocycles. The standard InChI is InChI=1S/C28H25FN6O5/c29-20-4-1-16(2-5-20)23-13-21(36)7-8-35(23)28(39)34-9-10-40-24-6-3-17(11-19(24)15-34)18-12-22-25(30-14-18)32-26(31-22)33-27(37)38/h1-6,11-12,14,23H,7-10,13,15H2,(H,37,38)(H2,30,31,32,33). The molecule has 0 saturated carbocycles. The summed E-state index contributed by atoms with van der Waals surface area (Å²) in [4.78, 5) is 51.8. The number of Topliss-reactive ketones (excluding diaryl/α,β-unsaturated/α-hetero) is 1. The number of aromatic amines is 1. The lowest BCUT2D eigenvalue weighted by Crippen LogP contribution is -2.48. The van der Waals surface area contributed by atoms with E-state index in [1.54, 1.807) is 28.1 Å². The van der Waals surface area contributed by atoms with E-state index >= 15 is 0 Å². The maximum Gasteiger partial charge on any atom is 0.411 e. The van der Waals surface area contributed by atoms with Crippen LogP contribution in [0.5, 0.6) is 5.75 Å². The first-order valence-electron chi connectivity index (χ1n) is 12.8. The third-order valence-corrected chi connectivity index (χ3v) is 7.14. The van der Waals surface area contributed by atoms with Gasteiger partial charge in [-0.3, -0.25) is 10.1 Å². The number of anilines is 1. The van der Waals surface area contributed by atoms with Crippen LogP contribution in [0.4, 0.5) is 19.9 Å². The number of carbonyl (C=O) groups excluding carboxylic acids is 2. The summed E-state index contributed by atoms with van der Waals surface area (Å²) >= 11 is 0. The fourth-order valence-corrected chi connectivity index (χ4v) is 5.18. The average molecular weight is 545 g/mol. The second kappa shape index (κ2) is 10.3. The molecular formula is C28H25FN6O5. The maximum absolute atomic E-state index is 13.8. The molecule has 11 nitrogen and oxygen atoms in total. The van der Waals surface area contributed by atoms with E-state index in [1.807, 2.05) is 24.3 Å². The highest BCUT2D eigenvalue weighted by Gasteiger charge is 2.35. The van der Waals surface area contributed by atoms with Crippen molar-refractivity contribution in [3.63, 3.8) is 0 Å². The molecule has 2 aromatic carbocycles. The number of likely N-dealkylation sites (tertiary alicyclic amines) is 1. The second-order valence-corrected chi connectivity index (χ2v) is 9.74. The zero-order valence-electron chi connectivity index (χ0n) is 21.3. The van der Waals surface area contributed by atoms with E-state index in [0.29, 0.717) is 43.2 Å². The van der Waals surface area contributed by atoms with Crippen molar-refractivity contribution in [2.75, 3.05) is 25.0 Å². The lowest BCUT2D eigenvalue weighted by molar-refractivity contribution is -0.122. The summed E-state index contributed by atoms with van der Waals surface area (Å²) in [5.41, 5.74) is 4.08. The van der Waals surface area contributed by atoms with Gasteiger partial charge in [-0.05, 0) is 41.5 Å². The Morgan fingerprint density at radius 2 is 1.93 bits per heavy atom. The topological polar surface area (TPSA) is 141 Å². The number of urea groups is 1. The maximum atomic E-state index is 13.8. The van der Waals surface area contributed by atoms with Gasteiger partial charge in [0.25, 0.3) is 0 Å². The minimum absolute atomic E-state index is 0.0706. The van der Waals surface area contributed by atoms with E-state index < -0.39 is 12.1 Å². The summed E-state index contributed by atoms with van der Waals surface area (Å²) in [5.74, 6) is 0.447. The van der Waals surface area contributed by atoms with Crippen molar-refractivity contribution in [2.24, 2.45) is 0 Å². The summed E-state index contributed by atoms with van der Waals surface area (Å²) in [5, 5.41) is 11.1. The predicted octanol–water partition coefficient (Wildman–Crippen LogP) is 4.57. The lowest BCUT2D eigenvalue weighted by Gasteiger charge is -2.38. The van der Waals surface area contributed by atoms with Crippen LogP contribution in [0.1, 0.15) is 30.0 Å². The van der Waals surface area contributed by atoms with Crippen molar-refractivity contribution in [1.29, 1.82) is 0 Å². The minimum Gasteiger partial charge on any atom is -0.491 e. The highest BCUT2D eigenvalue weighted by Crippen LogP contribution is 2.33. The number of ether oxygens (including phenoxy) is 1. The number of nitrogens with zero attached hydrogens (tertiary/aromatic N) is 4. The first kappa shape index (κ1) is 25.3. The molecule has 3 amide bonds. The second-order valence-electron chi connectivity index (χ2n) is 9.74. The number of benzene rings is 2. The number of fused-ring (bicyclic) bond motifs is 2. The van der Waals surface area contributed by atoms with Gasteiger partial charge in [0.15, 0.2) is 5.65 Å². The number of aromatic nitrogens is 3. The number of hydrogen-bond donors (Lipinski definition) is 3. The van der Waals surface area contributed by atoms with Crippen LogP contribution in [0.25, 0.3) is 22.3 Å². The first-order valence-corrected chi connectivity index (χ1v) is 12.8. The summed E-state index contributed by atoms with van der Waals surface area (Å²) in [6.07, 6.45) is 0.883. The van der Waals surface area contributed by atoms with Gasteiger partial charge in [-0.2, -0.15) is 4.98 Å². The van der Waals surface area contributed by atoms with E-state index in [-0.39, 0.29) is 36.4 Å². The molecule has 6 rings (SSSR count). The zero-order chi connectivity index (χ0) is 27.8. The molecule has 2 aliphatic rings. The summed E-state index contributed by atoms with van der Waals surface area (Å²) < 4.78 is 19.5. The highest BCUT2D eigenvalue weighted by molar-refractivity contribution is 5.86. The average Bonchev–Trinajstić information content (AvgIpc) is 3.20. The number of carboxylic acid groups (broad SMARTS) is 1. The van der Waals surface area contributed by atoms with Gasteiger partial charge >= 0.3 is 12.1 Å². The molecule has 4 heterocycles. The molecule has 2 aliphatic heterocycles. The van der Waals surface area contributed by atoms with Gasteiger partial charge < -0.3 is 24.6 Å². The number of piperidine rings is 1. The summed E-state index contributed by atoms with van der Waals surface area (Å²) in [7, 11) is 0. The molecule has 1 unspecified atom stereocenters. The van der Waals surface area contributed by atoms with Crippen LogP contribution >= 0.6 is 0 Å².